The molecular formula is C18H16Cl3NO8. The SMILES string of the molecule is Cc1cc(Cl)c(O)c2c(=O)c3c(Cl)c(Cl)n(C4OC(CO)C(O)C(O)C4O)c3oc12. The van der Waals surface area contributed by atoms with Crippen LogP contribution < -0.4 is 5.43 Å². The lowest BCUT2D eigenvalue weighted by Gasteiger charge is -2.40. The van der Waals surface area contributed by atoms with Crippen LogP contribution in [0.15, 0.2) is 15.3 Å². The van der Waals surface area contributed by atoms with Gasteiger partial charge in [-0.25, -0.2) is 0 Å². The number of aromatic hydroxyl groups is 1. The van der Waals surface area contributed by atoms with Gasteiger partial charge in [-0.1, -0.05) is 34.8 Å². The van der Waals surface area contributed by atoms with Crippen molar-refractivity contribution in [1.29, 1.82) is 0 Å². The second-order valence-electron chi connectivity index (χ2n) is 7.03. The molecule has 2 aromatic heterocycles. The zero-order valence-electron chi connectivity index (χ0n) is 15.2. The van der Waals surface area contributed by atoms with Gasteiger partial charge in [0.05, 0.1) is 16.7 Å². The number of phenolic OH excluding ortho intramolecular Hbond substituents is 1. The zero-order chi connectivity index (χ0) is 22.1. The van der Waals surface area contributed by atoms with Crippen LogP contribution in [-0.2, 0) is 4.74 Å². The number of halogens is 3. The molecule has 0 radical (unpaired) electrons. The molecule has 1 aromatic carbocycles. The third kappa shape index (κ3) is 2.93. The first-order valence-electron chi connectivity index (χ1n) is 8.74. The summed E-state index contributed by atoms with van der Waals surface area (Å²) < 4.78 is 12.4. The number of benzene rings is 1. The smallest absolute Gasteiger partial charge is 0.216 e. The van der Waals surface area contributed by atoms with E-state index in [1.807, 2.05) is 0 Å². The number of aliphatic hydroxyl groups excluding tert-OH is 4. The number of fused-ring (bicyclic) bond motifs is 2. The zero-order valence-corrected chi connectivity index (χ0v) is 17.5. The molecule has 0 aliphatic carbocycles. The van der Waals surface area contributed by atoms with Crippen LogP contribution in [0.3, 0.4) is 0 Å². The van der Waals surface area contributed by atoms with Crippen LogP contribution in [0.1, 0.15) is 11.8 Å². The fraction of sp³-hybridized carbons (Fsp3) is 0.389. The molecule has 1 aliphatic heterocycles. The van der Waals surface area contributed by atoms with E-state index in [9.17, 15) is 30.3 Å². The van der Waals surface area contributed by atoms with Crippen molar-refractivity contribution in [2.24, 2.45) is 0 Å². The van der Waals surface area contributed by atoms with Crippen molar-refractivity contribution in [3.05, 3.63) is 37.1 Å². The minimum Gasteiger partial charge on any atom is -0.505 e. The number of phenols is 1. The molecule has 3 aromatic rings. The van der Waals surface area contributed by atoms with Gasteiger partial charge in [-0.05, 0) is 18.6 Å². The van der Waals surface area contributed by atoms with E-state index in [0.717, 1.165) is 4.57 Å². The van der Waals surface area contributed by atoms with E-state index in [0.29, 0.717) is 5.56 Å². The Morgan fingerprint density at radius 3 is 2.40 bits per heavy atom. The van der Waals surface area contributed by atoms with Gasteiger partial charge >= 0.3 is 0 Å². The molecule has 162 valence electrons. The Bertz CT molecular complexity index is 1220. The maximum atomic E-state index is 13.1. The number of rotatable bonds is 2. The molecule has 0 bridgehead atoms. The highest BCUT2D eigenvalue weighted by atomic mass is 35.5. The minimum atomic E-state index is -1.70. The predicted molar refractivity (Wildman–Crippen MR) is 108 cm³/mol. The molecule has 3 heterocycles. The summed E-state index contributed by atoms with van der Waals surface area (Å²) in [6.45, 7) is 0.942. The van der Waals surface area contributed by atoms with Crippen LogP contribution >= 0.6 is 34.8 Å². The molecule has 0 saturated carbocycles. The maximum absolute atomic E-state index is 13.1. The fourth-order valence-corrected chi connectivity index (χ4v) is 4.43. The first-order valence-corrected chi connectivity index (χ1v) is 9.87. The van der Waals surface area contributed by atoms with Crippen molar-refractivity contribution in [2.75, 3.05) is 6.61 Å². The van der Waals surface area contributed by atoms with Gasteiger partial charge in [0.1, 0.15) is 51.7 Å². The number of aryl methyl sites for hydroxylation is 1. The standard InChI is InChI=1S/C18H16Cl3NO8/c1-4-2-5(19)10(24)8-12(26)7-9(20)16(21)22(17(7)30-15(4)8)18-14(28)13(27)11(25)6(3-23)29-18/h2,6,11,13-14,18,23-25,27-28H,3H2,1H3. The second kappa shape index (κ2) is 7.54. The number of aliphatic hydroxyl groups is 4. The molecule has 1 aliphatic rings. The van der Waals surface area contributed by atoms with Crippen molar-refractivity contribution in [3.63, 3.8) is 0 Å². The Hall–Kier alpha value is -1.56. The largest absolute Gasteiger partial charge is 0.505 e. The number of aromatic nitrogens is 1. The molecule has 30 heavy (non-hydrogen) atoms. The van der Waals surface area contributed by atoms with E-state index in [2.05, 4.69) is 0 Å². The predicted octanol–water partition coefficient (Wildman–Crippen LogP) is 1.69. The highest BCUT2D eigenvalue weighted by Crippen LogP contribution is 2.42. The van der Waals surface area contributed by atoms with Crippen LogP contribution in [0.5, 0.6) is 5.75 Å². The van der Waals surface area contributed by atoms with Crippen molar-refractivity contribution in [1.82, 2.24) is 4.57 Å². The molecule has 1 fully saturated rings. The van der Waals surface area contributed by atoms with Gasteiger partial charge in [0.15, 0.2) is 6.23 Å². The van der Waals surface area contributed by atoms with Crippen LogP contribution in [0.4, 0.5) is 0 Å². The Morgan fingerprint density at radius 1 is 1.10 bits per heavy atom. The van der Waals surface area contributed by atoms with E-state index in [1.165, 1.54) is 6.07 Å². The Labute approximate surface area is 183 Å². The Morgan fingerprint density at radius 2 is 1.77 bits per heavy atom. The van der Waals surface area contributed by atoms with Gasteiger partial charge in [-0.3, -0.25) is 9.36 Å². The Balaban J connectivity index is 2.06. The molecule has 0 spiro atoms. The topological polar surface area (TPSA) is 146 Å². The minimum absolute atomic E-state index is 0.00562. The highest BCUT2D eigenvalue weighted by molar-refractivity contribution is 6.45. The van der Waals surface area contributed by atoms with E-state index in [4.69, 9.17) is 44.0 Å². The fourth-order valence-electron chi connectivity index (χ4n) is 3.64. The van der Waals surface area contributed by atoms with E-state index in [1.54, 1.807) is 6.92 Å². The number of ether oxygens (including phenoxy) is 1. The van der Waals surface area contributed by atoms with E-state index >= 15 is 0 Å². The van der Waals surface area contributed by atoms with Gasteiger partial charge in [0.2, 0.25) is 11.1 Å². The first kappa shape index (κ1) is 21.7. The summed E-state index contributed by atoms with van der Waals surface area (Å²) in [6, 6.07) is 1.40. The summed E-state index contributed by atoms with van der Waals surface area (Å²) in [5.41, 5.74) is -0.479. The summed E-state index contributed by atoms with van der Waals surface area (Å²) in [6.07, 6.45) is -7.66. The third-order valence-corrected chi connectivity index (χ3v) is 6.33. The van der Waals surface area contributed by atoms with Gasteiger partial charge in [-0.15, -0.1) is 0 Å². The van der Waals surface area contributed by atoms with Crippen molar-refractivity contribution >= 4 is 56.9 Å². The first-order chi connectivity index (χ1) is 14.1. The average molecular weight is 481 g/mol. The summed E-state index contributed by atoms with van der Waals surface area (Å²) in [7, 11) is 0. The molecule has 5 unspecified atom stereocenters. The molecule has 0 amide bonds. The molecule has 5 N–H and O–H groups in total. The van der Waals surface area contributed by atoms with Crippen LogP contribution in [0, 0.1) is 6.92 Å². The Kier molecular flexibility index (Phi) is 5.44. The molecule has 9 nitrogen and oxygen atoms in total. The van der Waals surface area contributed by atoms with Crippen LogP contribution in [-0.4, -0.2) is 61.1 Å². The van der Waals surface area contributed by atoms with Crippen molar-refractivity contribution in [3.8, 4) is 5.75 Å². The molecular weight excluding hydrogens is 465 g/mol. The molecule has 5 atom stereocenters. The lowest BCUT2D eigenvalue weighted by atomic mass is 9.98. The normalized spacial score (nSPS) is 27.3. The lowest BCUT2D eigenvalue weighted by molar-refractivity contribution is -0.250. The number of hydrogen-bond donors (Lipinski definition) is 5. The average Bonchev–Trinajstić information content (AvgIpc) is 2.95. The van der Waals surface area contributed by atoms with Crippen molar-refractivity contribution in [2.45, 2.75) is 37.6 Å². The van der Waals surface area contributed by atoms with Gasteiger partial charge in [-0.2, -0.15) is 0 Å². The monoisotopic (exact) mass is 479 g/mol. The summed E-state index contributed by atoms with van der Waals surface area (Å²) in [4.78, 5) is 13.1. The highest BCUT2D eigenvalue weighted by Gasteiger charge is 2.46. The van der Waals surface area contributed by atoms with E-state index < -0.39 is 48.4 Å². The van der Waals surface area contributed by atoms with E-state index in [-0.39, 0.29) is 37.3 Å². The van der Waals surface area contributed by atoms with Gasteiger partial charge in [0, 0.05) is 0 Å². The molecule has 12 heteroatoms. The lowest BCUT2D eigenvalue weighted by Crippen LogP contribution is -2.56. The molecule has 1 saturated heterocycles. The van der Waals surface area contributed by atoms with Gasteiger partial charge < -0.3 is 34.7 Å². The summed E-state index contributed by atoms with van der Waals surface area (Å²) in [5, 5.41) is 49.4. The molecule has 4 rings (SSSR count). The van der Waals surface area contributed by atoms with Crippen LogP contribution in [0.25, 0.3) is 22.1 Å². The second-order valence-corrected chi connectivity index (χ2v) is 8.18. The summed E-state index contributed by atoms with van der Waals surface area (Å²) in [5.74, 6) is -0.485. The van der Waals surface area contributed by atoms with Gasteiger partial charge in [0.25, 0.3) is 0 Å². The maximum Gasteiger partial charge on any atom is 0.216 e. The summed E-state index contributed by atoms with van der Waals surface area (Å²) >= 11 is 18.5. The van der Waals surface area contributed by atoms with Crippen molar-refractivity contribution < 1.29 is 34.7 Å². The number of hydrogen-bond acceptors (Lipinski definition) is 8. The third-order valence-electron chi connectivity index (χ3n) is 5.21. The number of nitrogens with zero attached hydrogens (tertiary/aromatic N) is 1. The quantitative estimate of drug-likeness (QED) is 0.372. The van der Waals surface area contributed by atoms with Crippen LogP contribution in [0.2, 0.25) is 15.2 Å².